The number of H-pyrrole nitrogens is 1. The molecule has 122 valence electrons. The van der Waals surface area contributed by atoms with E-state index < -0.39 is 0 Å². The number of nitrogens with zero attached hydrogens (tertiary/aromatic N) is 3. The van der Waals surface area contributed by atoms with Crippen molar-refractivity contribution in [2.75, 3.05) is 13.1 Å². The molecule has 4 rings (SSSR count). The van der Waals surface area contributed by atoms with Crippen LogP contribution in [0.5, 0.6) is 0 Å². The lowest BCUT2D eigenvalue weighted by atomic mass is 9.90. The highest BCUT2D eigenvalue weighted by Crippen LogP contribution is 2.25. The third kappa shape index (κ3) is 2.89. The molecule has 2 aromatic heterocycles. The van der Waals surface area contributed by atoms with Crippen LogP contribution in [0.3, 0.4) is 0 Å². The van der Waals surface area contributed by atoms with E-state index in [1.165, 1.54) is 10.9 Å². The Balaban J connectivity index is 1.51. The summed E-state index contributed by atoms with van der Waals surface area (Å²) in [5.41, 5.74) is 2.92. The van der Waals surface area contributed by atoms with E-state index in [2.05, 4.69) is 39.2 Å². The molecular formula is C19H20N4O. The molecule has 3 heterocycles. The molecule has 0 bridgehead atoms. The number of piperidine rings is 1. The van der Waals surface area contributed by atoms with Crippen LogP contribution in [-0.4, -0.2) is 38.8 Å². The van der Waals surface area contributed by atoms with Crippen LogP contribution in [0, 0.1) is 5.92 Å². The number of hydrogen-bond acceptors (Lipinski definition) is 3. The summed E-state index contributed by atoms with van der Waals surface area (Å²) in [6.07, 6.45) is 8.15. The molecule has 1 saturated heterocycles. The SMILES string of the molecule is O=C(c1cnc[nH]1)N1CCC[C@@H](Cc2cccc3cccnc23)C1. The number of aromatic amines is 1. The number of amides is 1. The van der Waals surface area contributed by atoms with E-state index in [9.17, 15) is 4.79 Å². The Bertz CT molecular complexity index is 838. The monoisotopic (exact) mass is 320 g/mol. The first-order chi connectivity index (χ1) is 11.8. The Labute approximate surface area is 140 Å². The van der Waals surface area contributed by atoms with Gasteiger partial charge in [0.1, 0.15) is 5.69 Å². The lowest BCUT2D eigenvalue weighted by Gasteiger charge is -2.32. The summed E-state index contributed by atoms with van der Waals surface area (Å²) >= 11 is 0. The third-order valence-corrected chi connectivity index (χ3v) is 4.76. The largest absolute Gasteiger partial charge is 0.341 e. The van der Waals surface area contributed by atoms with Crippen LogP contribution in [0.25, 0.3) is 10.9 Å². The number of aromatic nitrogens is 3. The van der Waals surface area contributed by atoms with E-state index in [0.717, 1.165) is 37.9 Å². The van der Waals surface area contributed by atoms with E-state index in [1.54, 1.807) is 12.5 Å². The van der Waals surface area contributed by atoms with E-state index >= 15 is 0 Å². The molecule has 0 saturated carbocycles. The summed E-state index contributed by atoms with van der Waals surface area (Å²) in [6.45, 7) is 1.61. The van der Waals surface area contributed by atoms with Gasteiger partial charge in [0.25, 0.3) is 5.91 Å². The van der Waals surface area contributed by atoms with Gasteiger partial charge in [0.2, 0.25) is 0 Å². The summed E-state index contributed by atoms with van der Waals surface area (Å²) in [4.78, 5) is 25.9. The Morgan fingerprint density at radius 1 is 1.29 bits per heavy atom. The fourth-order valence-corrected chi connectivity index (χ4v) is 3.60. The van der Waals surface area contributed by atoms with Crippen LogP contribution in [-0.2, 0) is 6.42 Å². The molecule has 1 fully saturated rings. The van der Waals surface area contributed by atoms with Crippen molar-refractivity contribution in [3.8, 4) is 0 Å². The lowest BCUT2D eigenvalue weighted by molar-refractivity contribution is 0.0668. The molecule has 5 nitrogen and oxygen atoms in total. The molecule has 1 aliphatic rings. The average Bonchev–Trinajstić information content (AvgIpc) is 3.16. The second-order valence-corrected chi connectivity index (χ2v) is 6.42. The molecule has 1 aromatic carbocycles. The Morgan fingerprint density at radius 2 is 2.21 bits per heavy atom. The van der Waals surface area contributed by atoms with Crippen molar-refractivity contribution in [1.29, 1.82) is 0 Å². The van der Waals surface area contributed by atoms with Gasteiger partial charge in [-0.05, 0) is 36.8 Å². The number of hydrogen-bond donors (Lipinski definition) is 1. The van der Waals surface area contributed by atoms with Gasteiger partial charge in [-0.2, -0.15) is 0 Å². The summed E-state index contributed by atoms with van der Waals surface area (Å²) in [6, 6.07) is 10.4. The second-order valence-electron chi connectivity index (χ2n) is 6.42. The third-order valence-electron chi connectivity index (χ3n) is 4.76. The maximum atomic E-state index is 12.5. The van der Waals surface area contributed by atoms with Crippen molar-refractivity contribution < 1.29 is 4.79 Å². The topological polar surface area (TPSA) is 61.9 Å². The molecule has 24 heavy (non-hydrogen) atoms. The maximum absolute atomic E-state index is 12.5. The smallest absolute Gasteiger partial charge is 0.271 e. The average molecular weight is 320 g/mol. The molecule has 1 N–H and O–H groups in total. The van der Waals surface area contributed by atoms with Gasteiger partial charge in [-0.15, -0.1) is 0 Å². The first-order valence-corrected chi connectivity index (χ1v) is 8.41. The molecule has 0 radical (unpaired) electrons. The van der Waals surface area contributed by atoms with Crippen molar-refractivity contribution in [2.45, 2.75) is 19.3 Å². The van der Waals surface area contributed by atoms with E-state index in [0.29, 0.717) is 11.6 Å². The van der Waals surface area contributed by atoms with Gasteiger partial charge in [-0.1, -0.05) is 24.3 Å². The fraction of sp³-hybridized carbons (Fsp3) is 0.316. The zero-order chi connectivity index (χ0) is 16.4. The first kappa shape index (κ1) is 14.9. The highest BCUT2D eigenvalue weighted by molar-refractivity contribution is 5.92. The van der Waals surface area contributed by atoms with Gasteiger partial charge in [0, 0.05) is 24.7 Å². The summed E-state index contributed by atoms with van der Waals surface area (Å²) < 4.78 is 0. The van der Waals surface area contributed by atoms with Gasteiger partial charge in [-0.3, -0.25) is 9.78 Å². The Morgan fingerprint density at radius 3 is 3.08 bits per heavy atom. The molecule has 1 aliphatic heterocycles. The number of para-hydroxylation sites is 1. The number of rotatable bonds is 3. The number of pyridine rings is 1. The number of imidazole rings is 1. The van der Waals surface area contributed by atoms with E-state index in [-0.39, 0.29) is 5.91 Å². The molecule has 0 aliphatic carbocycles. The number of carbonyl (C=O) groups is 1. The number of benzene rings is 1. The van der Waals surface area contributed by atoms with Crippen molar-refractivity contribution in [1.82, 2.24) is 19.9 Å². The van der Waals surface area contributed by atoms with E-state index in [1.807, 2.05) is 17.2 Å². The summed E-state index contributed by atoms with van der Waals surface area (Å²) in [5, 5.41) is 1.18. The maximum Gasteiger partial charge on any atom is 0.271 e. The van der Waals surface area contributed by atoms with Crippen molar-refractivity contribution >= 4 is 16.8 Å². The predicted octanol–water partition coefficient (Wildman–Crippen LogP) is 3.05. The molecular weight excluding hydrogens is 300 g/mol. The minimum atomic E-state index is 0.0493. The van der Waals surface area contributed by atoms with Crippen LogP contribution in [0.2, 0.25) is 0 Å². The highest BCUT2D eigenvalue weighted by Gasteiger charge is 2.25. The van der Waals surface area contributed by atoms with Gasteiger partial charge in [0.15, 0.2) is 0 Å². The summed E-state index contributed by atoms with van der Waals surface area (Å²) in [5.74, 6) is 0.520. The van der Waals surface area contributed by atoms with Gasteiger partial charge in [0.05, 0.1) is 18.0 Å². The fourth-order valence-electron chi connectivity index (χ4n) is 3.60. The predicted molar refractivity (Wildman–Crippen MR) is 92.7 cm³/mol. The zero-order valence-electron chi connectivity index (χ0n) is 13.5. The Kier molecular flexibility index (Phi) is 3.99. The number of fused-ring (bicyclic) bond motifs is 1. The van der Waals surface area contributed by atoms with Gasteiger partial charge >= 0.3 is 0 Å². The molecule has 0 unspecified atom stereocenters. The van der Waals surface area contributed by atoms with Crippen LogP contribution < -0.4 is 0 Å². The minimum Gasteiger partial charge on any atom is -0.341 e. The number of carbonyl (C=O) groups excluding carboxylic acids is 1. The van der Waals surface area contributed by atoms with Gasteiger partial charge in [-0.25, -0.2) is 4.98 Å². The minimum absolute atomic E-state index is 0.0493. The molecule has 1 atom stereocenters. The first-order valence-electron chi connectivity index (χ1n) is 8.41. The van der Waals surface area contributed by atoms with Crippen LogP contribution in [0.4, 0.5) is 0 Å². The molecule has 0 spiro atoms. The van der Waals surface area contributed by atoms with Crippen LogP contribution in [0.15, 0.2) is 49.1 Å². The number of nitrogens with one attached hydrogen (secondary N) is 1. The molecule has 5 heteroatoms. The zero-order valence-corrected chi connectivity index (χ0v) is 13.5. The van der Waals surface area contributed by atoms with Crippen molar-refractivity contribution in [3.63, 3.8) is 0 Å². The Hall–Kier alpha value is -2.69. The second kappa shape index (κ2) is 6.43. The van der Waals surface area contributed by atoms with Crippen molar-refractivity contribution in [2.24, 2.45) is 5.92 Å². The highest BCUT2D eigenvalue weighted by atomic mass is 16.2. The quantitative estimate of drug-likeness (QED) is 0.807. The standard InChI is InChI=1S/C19H20N4O/c24-19(17-11-20-13-22-17)23-9-3-4-14(12-23)10-16-6-1-5-15-7-2-8-21-18(15)16/h1-2,5-8,11,13-14H,3-4,9-10,12H2,(H,20,22)/t14-/m0/s1. The normalized spacial score (nSPS) is 18.0. The van der Waals surface area contributed by atoms with Gasteiger partial charge < -0.3 is 9.88 Å². The lowest BCUT2D eigenvalue weighted by Crippen LogP contribution is -2.40. The number of likely N-dealkylation sites (tertiary alicyclic amines) is 1. The summed E-state index contributed by atoms with van der Waals surface area (Å²) in [7, 11) is 0. The molecule has 3 aromatic rings. The van der Waals surface area contributed by atoms with Crippen molar-refractivity contribution in [3.05, 3.63) is 60.3 Å². The van der Waals surface area contributed by atoms with E-state index in [4.69, 9.17) is 0 Å². The van der Waals surface area contributed by atoms with Crippen LogP contribution >= 0.6 is 0 Å². The molecule has 1 amide bonds. The van der Waals surface area contributed by atoms with Crippen LogP contribution in [0.1, 0.15) is 28.9 Å².